The van der Waals surface area contributed by atoms with E-state index in [0.717, 1.165) is 18.7 Å². The van der Waals surface area contributed by atoms with Crippen molar-refractivity contribution in [2.75, 3.05) is 6.54 Å². The fraction of sp³-hybridized carbons (Fsp3) is 0.286. The van der Waals surface area contributed by atoms with Gasteiger partial charge in [-0.25, -0.2) is 0 Å². The third-order valence-electron chi connectivity index (χ3n) is 2.67. The summed E-state index contributed by atoms with van der Waals surface area (Å²) < 4.78 is 5.47. The van der Waals surface area contributed by atoms with Gasteiger partial charge in [-0.05, 0) is 42.3 Å². The largest absolute Gasteiger partial charge is 0.448 e. The number of furan rings is 1. The van der Waals surface area contributed by atoms with Crippen LogP contribution in [0, 0.1) is 0 Å². The molecule has 0 radical (unpaired) electrons. The Labute approximate surface area is 107 Å². The van der Waals surface area contributed by atoms with E-state index in [-0.39, 0.29) is 6.04 Å². The number of halogens is 1. The highest BCUT2D eigenvalue weighted by molar-refractivity contribution is 6.28. The van der Waals surface area contributed by atoms with E-state index in [1.54, 1.807) is 6.07 Å². The molecule has 0 aliphatic rings. The van der Waals surface area contributed by atoms with Crippen LogP contribution in [0.3, 0.4) is 0 Å². The first-order valence-electron chi connectivity index (χ1n) is 5.82. The Morgan fingerprint density at radius 2 is 1.94 bits per heavy atom. The van der Waals surface area contributed by atoms with Crippen LogP contribution in [0.1, 0.15) is 24.3 Å². The Morgan fingerprint density at radius 1 is 1.18 bits per heavy atom. The quantitative estimate of drug-likeness (QED) is 0.871. The zero-order valence-corrected chi connectivity index (χ0v) is 10.6. The number of benzene rings is 1. The molecule has 0 saturated carbocycles. The van der Waals surface area contributed by atoms with E-state index in [0.29, 0.717) is 5.22 Å². The van der Waals surface area contributed by atoms with Gasteiger partial charge in [-0.2, -0.15) is 0 Å². The molecule has 1 unspecified atom stereocenters. The summed E-state index contributed by atoms with van der Waals surface area (Å²) in [4.78, 5) is 0. The molecule has 0 amide bonds. The fourth-order valence-electron chi connectivity index (χ4n) is 1.89. The molecular weight excluding hydrogens is 234 g/mol. The molecule has 0 bridgehead atoms. The van der Waals surface area contributed by atoms with E-state index in [2.05, 4.69) is 24.4 Å². The van der Waals surface area contributed by atoms with Gasteiger partial charge in [0.15, 0.2) is 5.22 Å². The highest BCUT2D eigenvalue weighted by atomic mass is 35.5. The predicted octanol–water partition coefficient (Wildman–Crippen LogP) is 3.83. The third kappa shape index (κ3) is 3.35. The van der Waals surface area contributed by atoms with Gasteiger partial charge in [0.2, 0.25) is 0 Å². The average molecular weight is 250 g/mol. The summed E-state index contributed by atoms with van der Waals surface area (Å²) in [5.74, 6) is 0.890. The van der Waals surface area contributed by atoms with Crippen molar-refractivity contribution in [3.63, 3.8) is 0 Å². The van der Waals surface area contributed by atoms with Crippen LogP contribution in [-0.2, 0) is 6.42 Å². The lowest BCUT2D eigenvalue weighted by Gasteiger charge is -2.15. The molecule has 1 heterocycles. The molecule has 90 valence electrons. The lowest BCUT2D eigenvalue weighted by atomic mass is 10.0. The second-order valence-corrected chi connectivity index (χ2v) is 4.31. The fourth-order valence-corrected chi connectivity index (χ4v) is 2.04. The van der Waals surface area contributed by atoms with E-state index >= 15 is 0 Å². The molecule has 17 heavy (non-hydrogen) atoms. The molecule has 0 saturated heterocycles. The molecule has 0 spiro atoms. The van der Waals surface area contributed by atoms with Crippen molar-refractivity contribution in [3.05, 3.63) is 59.0 Å². The lowest BCUT2D eigenvalue weighted by molar-refractivity contribution is 0.417. The first-order chi connectivity index (χ1) is 8.29. The van der Waals surface area contributed by atoms with Crippen LogP contribution in [0.25, 0.3) is 0 Å². The topological polar surface area (TPSA) is 25.2 Å². The zero-order chi connectivity index (χ0) is 12.1. The highest BCUT2D eigenvalue weighted by Crippen LogP contribution is 2.23. The second-order valence-electron chi connectivity index (χ2n) is 3.94. The smallest absolute Gasteiger partial charge is 0.193 e. The highest BCUT2D eigenvalue weighted by Gasteiger charge is 2.14. The maximum atomic E-state index is 5.81. The second kappa shape index (κ2) is 5.89. The molecule has 1 aromatic carbocycles. The van der Waals surface area contributed by atoms with Crippen molar-refractivity contribution in [3.8, 4) is 0 Å². The summed E-state index contributed by atoms with van der Waals surface area (Å²) in [5.41, 5.74) is 1.28. The molecule has 0 aliphatic heterocycles. The number of hydrogen-bond donors (Lipinski definition) is 1. The number of likely N-dealkylation sites (N-methyl/N-ethyl adjacent to an activating group) is 1. The van der Waals surface area contributed by atoms with Crippen molar-refractivity contribution in [2.45, 2.75) is 19.4 Å². The normalized spacial score (nSPS) is 12.6. The average Bonchev–Trinajstić information content (AvgIpc) is 2.77. The lowest BCUT2D eigenvalue weighted by Crippen LogP contribution is -2.22. The SMILES string of the molecule is CCNC(Cc1ccccc1)c1ccc(Cl)o1. The van der Waals surface area contributed by atoms with Gasteiger partial charge in [-0.1, -0.05) is 37.3 Å². The minimum absolute atomic E-state index is 0.176. The summed E-state index contributed by atoms with van der Waals surface area (Å²) in [6.45, 7) is 2.98. The third-order valence-corrected chi connectivity index (χ3v) is 2.87. The first kappa shape index (κ1) is 12.2. The van der Waals surface area contributed by atoms with Crippen LogP contribution >= 0.6 is 11.6 Å². The number of rotatable bonds is 5. The van der Waals surface area contributed by atoms with Gasteiger partial charge in [-0.15, -0.1) is 0 Å². The van der Waals surface area contributed by atoms with Gasteiger partial charge in [0.25, 0.3) is 0 Å². The summed E-state index contributed by atoms with van der Waals surface area (Å²) in [6.07, 6.45) is 0.901. The summed E-state index contributed by atoms with van der Waals surface area (Å²) in [5, 5.41) is 3.85. The predicted molar refractivity (Wildman–Crippen MR) is 70.3 cm³/mol. The van der Waals surface area contributed by atoms with Gasteiger partial charge in [-0.3, -0.25) is 0 Å². The van der Waals surface area contributed by atoms with Gasteiger partial charge in [0.1, 0.15) is 5.76 Å². The zero-order valence-electron chi connectivity index (χ0n) is 9.82. The van der Waals surface area contributed by atoms with E-state index in [1.807, 2.05) is 24.3 Å². The van der Waals surface area contributed by atoms with Crippen LogP contribution in [0.5, 0.6) is 0 Å². The van der Waals surface area contributed by atoms with Crippen LogP contribution in [0.4, 0.5) is 0 Å². The molecule has 3 heteroatoms. The van der Waals surface area contributed by atoms with E-state index in [4.69, 9.17) is 16.0 Å². The van der Waals surface area contributed by atoms with Gasteiger partial charge in [0, 0.05) is 0 Å². The molecule has 2 aromatic rings. The van der Waals surface area contributed by atoms with Crippen molar-refractivity contribution in [1.82, 2.24) is 5.32 Å². The Hall–Kier alpha value is -1.25. The maximum absolute atomic E-state index is 5.81. The van der Waals surface area contributed by atoms with E-state index in [9.17, 15) is 0 Å². The van der Waals surface area contributed by atoms with Crippen LogP contribution in [0.2, 0.25) is 5.22 Å². The Morgan fingerprint density at radius 3 is 2.53 bits per heavy atom. The molecular formula is C14H16ClNO. The minimum Gasteiger partial charge on any atom is -0.448 e. The summed E-state index contributed by atoms with van der Waals surface area (Å²) >= 11 is 5.81. The van der Waals surface area contributed by atoms with Crippen molar-refractivity contribution in [2.24, 2.45) is 0 Å². The van der Waals surface area contributed by atoms with E-state index < -0.39 is 0 Å². The molecule has 2 rings (SSSR count). The van der Waals surface area contributed by atoms with Crippen molar-refractivity contribution >= 4 is 11.6 Å². The summed E-state index contributed by atoms with van der Waals surface area (Å²) in [7, 11) is 0. The van der Waals surface area contributed by atoms with Gasteiger partial charge in [0.05, 0.1) is 6.04 Å². The Bertz CT molecular complexity index is 452. The molecule has 1 aromatic heterocycles. The Kier molecular flexibility index (Phi) is 4.24. The Balaban J connectivity index is 2.13. The minimum atomic E-state index is 0.176. The van der Waals surface area contributed by atoms with Crippen LogP contribution in [-0.4, -0.2) is 6.54 Å². The molecule has 1 atom stereocenters. The van der Waals surface area contributed by atoms with Crippen LogP contribution in [0.15, 0.2) is 46.9 Å². The summed E-state index contributed by atoms with van der Waals surface area (Å²) in [6, 6.07) is 14.3. The molecule has 2 nitrogen and oxygen atoms in total. The molecule has 0 aliphatic carbocycles. The first-order valence-corrected chi connectivity index (χ1v) is 6.20. The number of hydrogen-bond acceptors (Lipinski definition) is 2. The molecule has 1 N–H and O–H groups in total. The van der Waals surface area contributed by atoms with Gasteiger partial charge >= 0.3 is 0 Å². The maximum Gasteiger partial charge on any atom is 0.193 e. The van der Waals surface area contributed by atoms with E-state index in [1.165, 1.54) is 5.56 Å². The monoisotopic (exact) mass is 249 g/mol. The standard InChI is InChI=1S/C14H16ClNO/c1-2-16-12(13-8-9-14(15)17-13)10-11-6-4-3-5-7-11/h3-9,12,16H,2,10H2,1H3. The molecule has 0 fully saturated rings. The number of nitrogens with one attached hydrogen (secondary N) is 1. The van der Waals surface area contributed by atoms with Gasteiger partial charge < -0.3 is 9.73 Å². The van der Waals surface area contributed by atoms with Crippen molar-refractivity contribution in [1.29, 1.82) is 0 Å². The van der Waals surface area contributed by atoms with Crippen molar-refractivity contribution < 1.29 is 4.42 Å². The van der Waals surface area contributed by atoms with Crippen LogP contribution < -0.4 is 5.32 Å².